The van der Waals surface area contributed by atoms with Gasteiger partial charge in [-0.15, -0.1) is 0 Å². The van der Waals surface area contributed by atoms with Crippen LogP contribution in [0.3, 0.4) is 0 Å². The maximum absolute atomic E-state index is 5.90. The average Bonchev–Trinajstić information content (AvgIpc) is 2.69. The number of rotatable bonds is 8. The summed E-state index contributed by atoms with van der Waals surface area (Å²) < 4.78 is 5.90. The molecular formula is C15H31NO. The maximum Gasteiger partial charge on any atom is 0.0529 e. The van der Waals surface area contributed by atoms with Crippen LogP contribution < -0.4 is 5.32 Å². The second-order valence-corrected chi connectivity index (χ2v) is 6.85. The predicted molar refractivity (Wildman–Crippen MR) is 74.3 cm³/mol. The maximum atomic E-state index is 5.90. The minimum Gasteiger partial charge on any atom is -0.381 e. The summed E-state index contributed by atoms with van der Waals surface area (Å²) in [5, 5.41) is 3.52. The van der Waals surface area contributed by atoms with Crippen molar-refractivity contribution in [1.82, 2.24) is 5.32 Å². The second kappa shape index (κ2) is 7.38. The van der Waals surface area contributed by atoms with E-state index in [1.165, 1.54) is 25.7 Å². The van der Waals surface area contributed by atoms with Crippen molar-refractivity contribution in [3.8, 4) is 0 Å². The molecule has 1 saturated carbocycles. The Morgan fingerprint density at radius 2 is 1.88 bits per heavy atom. The summed E-state index contributed by atoms with van der Waals surface area (Å²) in [6.07, 6.45) is 5.58. The molecule has 0 aromatic carbocycles. The van der Waals surface area contributed by atoms with E-state index in [0.717, 1.165) is 38.1 Å². The summed E-state index contributed by atoms with van der Waals surface area (Å²) in [6, 6.07) is 0. The van der Waals surface area contributed by atoms with Gasteiger partial charge in [0, 0.05) is 18.6 Å². The number of nitrogens with one attached hydrogen (secondary N) is 1. The van der Waals surface area contributed by atoms with Gasteiger partial charge in [-0.2, -0.15) is 0 Å². The first-order chi connectivity index (χ1) is 7.99. The molecule has 1 aliphatic carbocycles. The standard InChI is InChI=1S/C15H31NO/c1-13(2)9-16-11-15(3,4)12-17-10-14-7-5-6-8-14/h13-14,16H,5-12H2,1-4H3. The van der Waals surface area contributed by atoms with Gasteiger partial charge in [0.15, 0.2) is 0 Å². The van der Waals surface area contributed by atoms with E-state index in [-0.39, 0.29) is 5.41 Å². The van der Waals surface area contributed by atoms with Crippen molar-refractivity contribution in [2.45, 2.75) is 53.4 Å². The highest BCUT2D eigenvalue weighted by atomic mass is 16.5. The molecule has 0 aromatic heterocycles. The quantitative estimate of drug-likeness (QED) is 0.702. The normalized spacial score (nSPS) is 18.2. The number of hydrogen-bond donors (Lipinski definition) is 1. The lowest BCUT2D eigenvalue weighted by Crippen LogP contribution is -2.35. The van der Waals surface area contributed by atoms with Crippen LogP contribution in [0.5, 0.6) is 0 Å². The first-order valence-corrected chi connectivity index (χ1v) is 7.28. The van der Waals surface area contributed by atoms with Gasteiger partial charge in [0.25, 0.3) is 0 Å². The monoisotopic (exact) mass is 241 g/mol. The lowest BCUT2D eigenvalue weighted by molar-refractivity contribution is 0.0412. The van der Waals surface area contributed by atoms with Crippen molar-refractivity contribution in [2.24, 2.45) is 17.3 Å². The average molecular weight is 241 g/mol. The molecule has 1 fully saturated rings. The Morgan fingerprint density at radius 3 is 2.47 bits per heavy atom. The van der Waals surface area contributed by atoms with Gasteiger partial charge in [-0.1, -0.05) is 40.5 Å². The molecule has 1 aliphatic rings. The zero-order chi connectivity index (χ0) is 12.7. The SMILES string of the molecule is CC(C)CNCC(C)(C)COCC1CCCC1. The molecule has 2 heteroatoms. The van der Waals surface area contributed by atoms with Gasteiger partial charge in [0.2, 0.25) is 0 Å². The van der Waals surface area contributed by atoms with Crippen LogP contribution >= 0.6 is 0 Å². The van der Waals surface area contributed by atoms with Crippen molar-refractivity contribution in [1.29, 1.82) is 0 Å². The van der Waals surface area contributed by atoms with Gasteiger partial charge in [0.05, 0.1) is 6.61 Å². The first-order valence-electron chi connectivity index (χ1n) is 7.28. The van der Waals surface area contributed by atoms with Crippen molar-refractivity contribution in [3.63, 3.8) is 0 Å². The summed E-state index contributed by atoms with van der Waals surface area (Å²) in [6.45, 7) is 13.1. The molecule has 2 nitrogen and oxygen atoms in total. The zero-order valence-corrected chi connectivity index (χ0v) is 12.2. The highest BCUT2D eigenvalue weighted by molar-refractivity contribution is 4.72. The van der Waals surface area contributed by atoms with Crippen LogP contribution in [-0.2, 0) is 4.74 Å². The summed E-state index contributed by atoms with van der Waals surface area (Å²) >= 11 is 0. The number of hydrogen-bond acceptors (Lipinski definition) is 2. The van der Waals surface area contributed by atoms with E-state index >= 15 is 0 Å². The molecule has 0 aliphatic heterocycles. The van der Waals surface area contributed by atoms with Gasteiger partial charge in [-0.05, 0) is 31.2 Å². The molecule has 0 amide bonds. The molecular weight excluding hydrogens is 210 g/mol. The Kier molecular flexibility index (Phi) is 6.50. The Bertz CT molecular complexity index is 195. The van der Waals surface area contributed by atoms with Gasteiger partial charge in [-0.3, -0.25) is 0 Å². The third-order valence-corrected chi connectivity index (χ3v) is 3.48. The molecule has 17 heavy (non-hydrogen) atoms. The summed E-state index contributed by atoms with van der Waals surface area (Å²) in [7, 11) is 0. The summed E-state index contributed by atoms with van der Waals surface area (Å²) in [5.74, 6) is 1.57. The Morgan fingerprint density at radius 1 is 1.24 bits per heavy atom. The summed E-state index contributed by atoms with van der Waals surface area (Å²) in [4.78, 5) is 0. The van der Waals surface area contributed by atoms with Gasteiger partial charge in [0.1, 0.15) is 0 Å². The van der Waals surface area contributed by atoms with Crippen molar-refractivity contribution in [2.75, 3.05) is 26.3 Å². The molecule has 1 N–H and O–H groups in total. The molecule has 0 atom stereocenters. The Labute approximate surface area is 108 Å². The van der Waals surface area contributed by atoms with E-state index in [1.807, 2.05) is 0 Å². The molecule has 1 rings (SSSR count). The highest BCUT2D eigenvalue weighted by Gasteiger charge is 2.20. The van der Waals surface area contributed by atoms with Gasteiger partial charge in [-0.25, -0.2) is 0 Å². The van der Waals surface area contributed by atoms with Gasteiger partial charge < -0.3 is 10.1 Å². The van der Waals surface area contributed by atoms with Gasteiger partial charge >= 0.3 is 0 Å². The third-order valence-electron chi connectivity index (χ3n) is 3.48. The van der Waals surface area contributed by atoms with E-state index in [0.29, 0.717) is 0 Å². The topological polar surface area (TPSA) is 21.3 Å². The van der Waals surface area contributed by atoms with Crippen LogP contribution in [0, 0.1) is 17.3 Å². The second-order valence-electron chi connectivity index (χ2n) is 6.85. The zero-order valence-electron chi connectivity index (χ0n) is 12.2. The van der Waals surface area contributed by atoms with Crippen LogP contribution in [-0.4, -0.2) is 26.3 Å². The molecule has 0 radical (unpaired) electrons. The smallest absolute Gasteiger partial charge is 0.0529 e. The molecule has 0 aromatic rings. The minimum atomic E-state index is 0.257. The van der Waals surface area contributed by atoms with E-state index in [9.17, 15) is 0 Å². The van der Waals surface area contributed by atoms with Crippen molar-refractivity contribution in [3.05, 3.63) is 0 Å². The third kappa shape index (κ3) is 7.05. The molecule has 102 valence electrons. The molecule has 0 bridgehead atoms. The van der Waals surface area contributed by atoms with E-state index in [2.05, 4.69) is 33.0 Å². The molecule has 0 saturated heterocycles. The lowest BCUT2D eigenvalue weighted by Gasteiger charge is -2.26. The highest BCUT2D eigenvalue weighted by Crippen LogP contribution is 2.25. The summed E-state index contributed by atoms with van der Waals surface area (Å²) in [5.41, 5.74) is 0.257. The fourth-order valence-electron chi connectivity index (χ4n) is 2.43. The fraction of sp³-hybridized carbons (Fsp3) is 1.00. The van der Waals surface area contributed by atoms with Crippen molar-refractivity contribution >= 4 is 0 Å². The first kappa shape index (κ1) is 15.0. The molecule has 0 unspecified atom stereocenters. The number of ether oxygens (including phenoxy) is 1. The Balaban J connectivity index is 2.06. The van der Waals surface area contributed by atoms with Crippen LogP contribution in [0.4, 0.5) is 0 Å². The lowest BCUT2D eigenvalue weighted by atomic mass is 9.94. The van der Waals surface area contributed by atoms with Crippen LogP contribution in [0.25, 0.3) is 0 Å². The molecule has 0 spiro atoms. The van der Waals surface area contributed by atoms with Crippen molar-refractivity contribution < 1.29 is 4.74 Å². The van der Waals surface area contributed by atoms with Crippen LogP contribution in [0.15, 0.2) is 0 Å². The minimum absolute atomic E-state index is 0.257. The molecule has 0 heterocycles. The van der Waals surface area contributed by atoms with E-state index in [1.54, 1.807) is 0 Å². The predicted octanol–water partition coefficient (Wildman–Crippen LogP) is 3.47. The van der Waals surface area contributed by atoms with E-state index in [4.69, 9.17) is 4.74 Å². The van der Waals surface area contributed by atoms with Crippen LogP contribution in [0.1, 0.15) is 53.4 Å². The Hall–Kier alpha value is -0.0800. The van der Waals surface area contributed by atoms with E-state index < -0.39 is 0 Å². The van der Waals surface area contributed by atoms with Crippen LogP contribution in [0.2, 0.25) is 0 Å². The fourth-order valence-corrected chi connectivity index (χ4v) is 2.43. The largest absolute Gasteiger partial charge is 0.381 e.